The van der Waals surface area contributed by atoms with Gasteiger partial charge in [0.1, 0.15) is 9.84 Å². The molecule has 2 amide bonds. The van der Waals surface area contributed by atoms with Gasteiger partial charge in [-0.25, -0.2) is 13.2 Å². The molecule has 0 aromatic heterocycles. The summed E-state index contributed by atoms with van der Waals surface area (Å²) in [5, 5.41) is 3.07. The van der Waals surface area contributed by atoms with Crippen LogP contribution in [0, 0.1) is 11.3 Å². The SMILES string of the molecule is C[C@@H]1CC(C)(C)CC[C@H]1NC(=O)N(C)[C@H](C)CS(C)(=O)=O. The lowest BCUT2D eigenvalue weighted by atomic mass is 9.70. The monoisotopic (exact) mass is 318 g/mol. The second-order valence-corrected chi connectivity index (χ2v) is 9.68. The van der Waals surface area contributed by atoms with E-state index in [-0.39, 0.29) is 23.9 Å². The minimum absolute atomic E-state index is 0.00975. The maximum atomic E-state index is 12.3. The van der Waals surface area contributed by atoms with Gasteiger partial charge < -0.3 is 10.2 Å². The second-order valence-electron chi connectivity index (χ2n) is 7.49. The smallest absolute Gasteiger partial charge is 0.317 e. The summed E-state index contributed by atoms with van der Waals surface area (Å²) < 4.78 is 22.6. The molecule has 5 nitrogen and oxygen atoms in total. The molecule has 3 atom stereocenters. The number of sulfone groups is 1. The van der Waals surface area contributed by atoms with Crippen LogP contribution in [0.25, 0.3) is 0 Å². The molecule has 1 rings (SSSR count). The topological polar surface area (TPSA) is 66.5 Å². The molecule has 1 aliphatic rings. The Kier molecular flexibility index (Phi) is 5.69. The van der Waals surface area contributed by atoms with E-state index in [0.717, 1.165) is 19.3 Å². The highest BCUT2D eigenvalue weighted by Crippen LogP contribution is 2.38. The van der Waals surface area contributed by atoms with Crippen molar-refractivity contribution in [3.05, 3.63) is 0 Å². The lowest BCUT2D eigenvalue weighted by Crippen LogP contribution is -2.51. The Morgan fingerprint density at radius 1 is 1.43 bits per heavy atom. The molecule has 0 unspecified atom stereocenters. The van der Waals surface area contributed by atoms with Gasteiger partial charge in [-0.1, -0.05) is 20.8 Å². The summed E-state index contributed by atoms with van der Waals surface area (Å²) in [7, 11) is -1.43. The van der Waals surface area contributed by atoms with Crippen molar-refractivity contribution in [1.82, 2.24) is 10.2 Å². The van der Waals surface area contributed by atoms with Crippen LogP contribution >= 0.6 is 0 Å². The molecule has 1 N–H and O–H groups in total. The molecule has 6 heteroatoms. The van der Waals surface area contributed by atoms with E-state index in [1.807, 2.05) is 0 Å². The highest BCUT2D eigenvalue weighted by molar-refractivity contribution is 7.90. The first-order chi connectivity index (χ1) is 9.41. The molecule has 0 spiro atoms. The zero-order valence-corrected chi connectivity index (χ0v) is 15.0. The summed E-state index contributed by atoms with van der Waals surface area (Å²) in [5.74, 6) is 0.431. The van der Waals surface area contributed by atoms with Gasteiger partial charge in [0, 0.05) is 25.4 Å². The fourth-order valence-electron chi connectivity index (χ4n) is 3.17. The summed E-state index contributed by atoms with van der Waals surface area (Å²) >= 11 is 0. The Morgan fingerprint density at radius 3 is 2.48 bits per heavy atom. The average molecular weight is 318 g/mol. The molecule has 0 aromatic rings. The Bertz CT molecular complexity index is 473. The van der Waals surface area contributed by atoms with Gasteiger partial charge in [-0.05, 0) is 37.5 Å². The summed E-state index contributed by atoms with van der Waals surface area (Å²) in [6.45, 7) is 8.46. The number of amides is 2. The van der Waals surface area contributed by atoms with Crippen molar-refractivity contribution < 1.29 is 13.2 Å². The first-order valence-corrected chi connectivity index (χ1v) is 9.68. The molecule has 124 valence electrons. The van der Waals surface area contributed by atoms with Gasteiger partial charge in [0.15, 0.2) is 0 Å². The van der Waals surface area contributed by atoms with Gasteiger partial charge in [0.05, 0.1) is 5.75 Å². The van der Waals surface area contributed by atoms with Crippen molar-refractivity contribution in [2.45, 2.75) is 59.0 Å². The van der Waals surface area contributed by atoms with Gasteiger partial charge in [-0.2, -0.15) is 0 Å². The van der Waals surface area contributed by atoms with Crippen molar-refractivity contribution in [2.75, 3.05) is 19.1 Å². The third kappa shape index (κ3) is 5.85. The predicted octanol–water partition coefficient (Wildman–Crippen LogP) is 2.28. The molecule has 0 aromatic carbocycles. The Balaban J connectivity index is 2.57. The average Bonchev–Trinajstić information content (AvgIpc) is 2.28. The molecule has 1 saturated carbocycles. The quantitative estimate of drug-likeness (QED) is 0.865. The van der Waals surface area contributed by atoms with E-state index in [4.69, 9.17) is 0 Å². The van der Waals surface area contributed by atoms with Crippen molar-refractivity contribution in [3.63, 3.8) is 0 Å². The van der Waals surface area contributed by atoms with Crippen LogP contribution in [0.3, 0.4) is 0 Å². The first kappa shape index (κ1) is 18.3. The summed E-state index contributed by atoms with van der Waals surface area (Å²) in [6.07, 6.45) is 4.38. The second kappa shape index (κ2) is 6.55. The summed E-state index contributed by atoms with van der Waals surface area (Å²) in [6, 6.07) is -0.323. The van der Waals surface area contributed by atoms with E-state index < -0.39 is 9.84 Å². The molecule has 1 aliphatic carbocycles. The number of nitrogens with zero attached hydrogens (tertiary/aromatic N) is 1. The van der Waals surface area contributed by atoms with Crippen LogP contribution < -0.4 is 5.32 Å². The number of carbonyl (C=O) groups is 1. The van der Waals surface area contributed by atoms with Gasteiger partial charge in [-0.3, -0.25) is 0 Å². The zero-order valence-electron chi connectivity index (χ0n) is 14.1. The summed E-state index contributed by atoms with van der Waals surface area (Å²) in [5.41, 5.74) is 0.343. The third-order valence-electron chi connectivity index (χ3n) is 4.53. The first-order valence-electron chi connectivity index (χ1n) is 7.62. The maximum Gasteiger partial charge on any atom is 0.317 e. The number of urea groups is 1. The number of rotatable bonds is 4. The lowest BCUT2D eigenvalue weighted by Gasteiger charge is -2.40. The van der Waals surface area contributed by atoms with E-state index in [0.29, 0.717) is 11.3 Å². The highest BCUT2D eigenvalue weighted by atomic mass is 32.2. The fraction of sp³-hybridized carbons (Fsp3) is 0.933. The van der Waals surface area contributed by atoms with Gasteiger partial charge >= 0.3 is 6.03 Å². The lowest BCUT2D eigenvalue weighted by molar-refractivity contribution is 0.139. The minimum atomic E-state index is -3.08. The van der Waals surface area contributed by atoms with Crippen LogP contribution in [0.4, 0.5) is 4.79 Å². The molecule has 0 aliphatic heterocycles. The highest BCUT2D eigenvalue weighted by Gasteiger charge is 2.33. The Hall–Kier alpha value is -0.780. The molecule has 0 bridgehead atoms. The Morgan fingerprint density at radius 2 is 2.00 bits per heavy atom. The standard InChI is InChI=1S/C15H30N2O3S/c1-11-9-15(3,4)8-7-13(11)16-14(18)17(5)12(2)10-21(6,19)20/h11-13H,7-10H2,1-6H3,(H,16,18)/t11-,12-,13-/m1/s1. The number of carbonyl (C=O) groups excluding carboxylic acids is 1. The van der Waals surface area contributed by atoms with Crippen molar-refractivity contribution in [2.24, 2.45) is 11.3 Å². The molecule has 0 heterocycles. The Labute approximate surface area is 129 Å². The van der Waals surface area contributed by atoms with E-state index in [9.17, 15) is 13.2 Å². The van der Waals surface area contributed by atoms with Gasteiger partial charge in [0.2, 0.25) is 0 Å². The van der Waals surface area contributed by atoms with Gasteiger partial charge in [-0.15, -0.1) is 0 Å². The zero-order chi connectivity index (χ0) is 16.4. The largest absolute Gasteiger partial charge is 0.335 e. The predicted molar refractivity (Wildman–Crippen MR) is 86.1 cm³/mol. The van der Waals surface area contributed by atoms with E-state index in [2.05, 4.69) is 26.1 Å². The van der Waals surface area contributed by atoms with Crippen molar-refractivity contribution in [3.8, 4) is 0 Å². The number of hydrogen-bond donors (Lipinski definition) is 1. The van der Waals surface area contributed by atoms with Crippen LogP contribution in [0.1, 0.15) is 47.0 Å². The minimum Gasteiger partial charge on any atom is -0.335 e. The third-order valence-corrected chi connectivity index (χ3v) is 5.62. The molecular formula is C15H30N2O3S. The van der Waals surface area contributed by atoms with Crippen LogP contribution in [0.5, 0.6) is 0 Å². The van der Waals surface area contributed by atoms with E-state index >= 15 is 0 Å². The molecular weight excluding hydrogens is 288 g/mol. The van der Waals surface area contributed by atoms with Gasteiger partial charge in [0.25, 0.3) is 0 Å². The van der Waals surface area contributed by atoms with Crippen LogP contribution in [0.15, 0.2) is 0 Å². The van der Waals surface area contributed by atoms with E-state index in [1.165, 1.54) is 11.2 Å². The van der Waals surface area contributed by atoms with Crippen molar-refractivity contribution >= 4 is 15.9 Å². The molecule has 21 heavy (non-hydrogen) atoms. The maximum absolute atomic E-state index is 12.3. The summed E-state index contributed by atoms with van der Waals surface area (Å²) in [4.78, 5) is 13.8. The normalized spacial score (nSPS) is 27.0. The van der Waals surface area contributed by atoms with Crippen LogP contribution in [0.2, 0.25) is 0 Å². The van der Waals surface area contributed by atoms with Crippen LogP contribution in [-0.4, -0.2) is 50.5 Å². The van der Waals surface area contributed by atoms with Crippen LogP contribution in [-0.2, 0) is 9.84 Å². The molecule has 0 saturated heterocycles. The van der Waals surface area contributed by atoms with E-state index in [1.54, 1.807) is 14.0 Å². The fourth-order valence-corrected chi connectivity index (χ4v) is 4.27. The molecule has 1 fully saturated rings. The van der Waals surface area contributed by atoms with Crippen molar-refractivity contribution in [1.29, 1.82) is 0 Å². The number of nitrogens with one attached hydrogen (secondary N) is 1. The molecule has 0 radical (unpaired) electrons. The number of hydrogen-bond acceptors (Lipinski definition) is 3.